The van der Waals surface area contributed by atoms with Crippen LogP contribution < -0.4 is 0 Å². The largest absolute Gasteiger partial charge is 0.373 e. The van der Waals surface area contributed by atoms with Crippen molar-refractivity contribution in [3.8, 4) is 0 Å². The molecule has 16 heavy (non-hydrogen) atoms. The fraction of sp³-hybridized carbons (Fsp3) is 0. The third-order valence-corrected chi connectivity index (χ3v) is 1.97. The Morgan fingerprint density at radius 3 is 2.31 bits per heavy atom. The van der Waals surface area contributed by atoms with Crippen molar-refractivity contribution in [2.75, 3.05) is 0 Å². The van der Waals surface area contributed by atoms with Crippen molar-refractivity contribution in [1.29, 1.82) is 0 Å². The van der Waals surface area contributed by atoms with Crippen molar-refractivity contribution in [2.24, 2.45) is 0 Å². The average molecular weight is 220 g/mol. The van der Waals surface area contributed by atoms with Crippen LogP contribution in [0.1, 0.15) is 0 Å². The number of hydrogen-bond donors (Lipinski definition) is 0. The molecule has 0 atom stereocenters. The maximum absolute atomic E-state index is 10.8. The van der Waals surface area contributed by atoms with Gasteiger partial charge in [-0.25, -0.2) is 4.98 Å². The van der Waals surface area contributed by atoms with Crippen molar-refractivity contribution in [3.63, 3.8) is 0 Å². The molecule has 0 unspecified atom stereocenters. The Labute approximate surface area is 87.9 Å². The van der Waals surface area contributed by atoms with Crippen LogP contribution in [0.15, 0.2) is 24.5 Å². The molecule has 0 saturated carbocycles. The van der Waals surface area contributed by atoms with E-state index in [1.54, 1.807) is 0 Å². The van der Waals surface area contributed by atoms with E-state index >= 15 is 0 Å². The lowest BCUT2D eigenvalue weighted by atomic mass is 10.2. The Bertz CT molecular complexity index is 598. The molecule has 0 bridgehead atoms. The highest BCUT2D eigenvalue weighted by molar-refractivity contribution is 5.88. The van der Waals surface area contributed by atoms with E-state index in [0.29, 0.717) is 0 Å². The van der Waals surface area contributed by atoms with E-state index in [0.717, 1.165) is 6.07 Å². The zero-order valence-electron chi connectivity index (χ0n) is 7.73. The van der Waals surface area contributed by atoms with Crippen LogP contribution in [0, 0.1) is 20.2 Å². The fourth-order valence-electron chi connectivity index (χ4n) is 1.34. The number of aromatic nitrogens is 2. The van der Waals surface area contributed by atoms with Crippen molar-refractivity contribution < 1.29 is 9.85 Å². The average Bonchev–Trinajstić information content (AvgIpc) is 2.27. The van der Waals surface area contributed by atoms with E-state index in [-0.39, 0.29) is 11.0 Å². The van der Waals surface area contributed by atoms with Crippen LogP contribution in [-0.4, -0.2) is 19.8 Å². The molecule has 0 aliphatic heterocycles. The second-order valence-corrected chi connectivity index (χ2v) is 2.87. The predicted octanol–water partition coefficient (Wildman–Crippen LogP) is 1.45. The van der Waals surface area contributed by atoms with Gasteiger partial charge in [0.1, 0.15) is 0 Å². The first-order chi connectivity index (χ1) is 7.61. The van der Waals surface area contributed by atoms with Crippen molar-refractivity contribution in [3.05, 3.63) is 44.8 Å². The number of nitrogens with zero attached hydrogens (tertiary/aromatic N) is 4. The molecule has 8 heteroatoms. The van der Waals surface area contributed by atoms with Gasteiger partial charge in [0.15, 0.2) is 5.52 Å². The minimum Gasteiger partial charge on any atom is -0.258 e. The van der Waals surface area contributed by atoms with E-state index in [1.165, 1.54) is 18.5 Å². The van der Waals surface area contributed by atoms with Gasteiger partial charge in [-0.2, -0.15) is 0 Å². The molecule has 0 fully saturated rings. The van der Waals surface area contributed by atoms with Crippen molar-refractivity contribution >= 4 is 22.4 Å². The first kappa shape index (κ1) is 9.90. The second-order valence-electron chi connectivity index (χ2n) is 2.87. The Morgan fingerprint density at radius 1 is 1.00 bits per heavy atom. The van der Waals surface area contributed by atoms with Gasteiger partial charge in [-0.1, -0.05) is 0 Å². The molecule has 0 N–H and O–H groups in total. The van der Waals surface area contributed by atoms with Gasteiger partial charge >= 0.3 is 11.4 Å². The van der Waals surface area contributed by atoms with Gasteiger partial charge in [0.2, 0.25) is 0 Å². The quantitative estimate of drug-likeness (QED) is 0.559. The van der Waals surface area contributed by atoms with Gasteiger partial charge in [-0.15, -0.1) is 0 Å². The highest BCUT2D eigenvalue weighted by atomic mass is 16.6. The molecule has 8 nitrogen and oxygen atoms in total. The fourth-order valence-corrected chi connectivity index (χ4v) is 1.34. The van der Waals surface area contributed by atoms with E-state index in [1.807, 2.05) is 0 Å². The predicted molar refractivity (Wildman–Crippen MR) is 52.8 cm³/mol. The van der Waals surface area contributed by atoms with Gasteiger partial charge < -0.3 is 0 Å². The summed E-state index contributed by atoms with van der Waals surface area (Å²) in [6, 6.07) is 2.38. The van der Waals surface area contributed by atoms with Gasteiger partial charge in [-0.3, -0.25) is 25.2 Å². The molecular weight excluding hydrogens is 216 g/mol. The molecule has 80 valence electrons. The molecule has 0 aliphatic carbocycles. The summed E-state index contributed by atoms with van der Waals surface area (Å²) >= 11 is 0. The van der Waals surface area contributed by atoms with E-state index in [2.05, 4.69) is 9.97 Å². The number of nitro groups is 2. The van der Waals surface area contributed by atoms with E-state index in [4.69, 9.17) is 0 Å². The minimum atomic E-state index is -0.824. The Hall–Kier alpha value is -2.64. The van der Waals surface area contributed by atoms with Gasteiger partial charge in [0.25, 0.3) is 0 Å². The van der Waals surface area contributed by atoms with Crippen LogP contribution in [0.5, 0.6) is 0 Å². The first-order valence-electron chi connectivity index (χ1n) is 4.14. The van der Waals surface area contributed by atoms with Crippen molar-refractivity contribution in [1.82, 2.24) is 9.97 Å². The summed E-state index contributed by atoms with van der Waals surface area (Å²) in [5.41, 5.74) is -1.05. The van der Waals surface area contributed by atoms with Gasteiger partial charge in [-0.05, 0) is 6.07 Å². The molecular formula is C8H4N4O4. The zero-order chi connectivity index (χ0) is 11.7. The number of hydrogen-bond acceptors (Lipinski definition) is 6. The molecule has 2 rings (SSSR count). The molecule has 0 radical (unpaired) electrons. The van der Waals surface area contributed by atoms with E-state index in [9.17, 15) is 20.2 Å². The van der Waals surface area contributed by atoms with Crippen LogP contribution in [0.4, 0.5) is 11.4 Å². The molecule has 0 aliphatic rings. The Kier molecular flexibility index (Phi) is 2.16. The van der Waals surface area contributed by atoms with E-state index < -0.39 is 21.2 Å². The van der Waals surface area contributed by atoms with Crippen LogP contribution in [0.25, 0.3) is 11.0 Å². The summed E-state index contributed by atoms with van der Waals surface area (Å²) in [5.74, 6) is 0. The summed E-state index contributed by atoms with van der Waals surface area (Å²) in [6.45, 7) is 0. The monoisotopic (exact) mass is 220 g/mol. The summed E-state index contributed by atoms with van der Waals surface area (Å²) < 4.78 is 0. The lowest BCUT2D eigenvalue weighted by Crippen LogP contribution is -1.99. The summed E-state index contributed by atoms with van der Waals surface area (Å²) in [7, 11) is 0. The number of rotatable bonds is 2. The van der Waals surface area contributed by atoms with Crippen LogP contribution >= 0.6 is 0 Å². The summed E-state index contributed by atoms with van der Waals surface area (Å²) in [5, 5.41) is 21.4. The summed E-state index contributed by atoms with van der Waals surface area (Å²) in [4.78, 5) is 27.3. The highest BCUT2D eigenvalue weighted by Crippen LogP contribution is 2.32. The standard InChI is InChI=1S/C8H4N4O4/c13-11(14)6-2-1-5-7(8(6)12(15)16)10-4-3-9-5/h1-4H. The highest BCUT2D eigenvalue weighted by Gasteiger charge is 2.28. The van der Waals surface area contributed by atoms with Crippen LogP contribution in [0.2, 0.25) is 0 Å². The van der Waals surface area contributed by atoms with Crippen molar-refractivity contribution in [2.45, 2.75) is 0 Å². The third-order valence-electron chi connectivity index (χ3n) is 1.97. The maximum Gasteiger partial charge on any atom is 0.373 e. The van der Waals surface area contributed by atoms with Gasteiger partial charge in [0.05, 0.1) is 15.4 Å². The number of fused-ring (bicyclic) bond motifs is 1. The molecule has 1 aromatic heterocycles. The zero-order valence-corrected chi connectivity index (χ0v) is 7.73. The first-order valence-corrected chi connectivity index (χ1v) is 4.14. The molecule has 1 heterocycles. The lowest BCUT2D eigenvalue weighted by Gasteiger charge is -1.98. The smallest absolute Gasteiger partial charge is 0.258 e. The molecule has 0 spiro atoms. The Morgan fingerprint density at radius 2 is 1.69 bits per heavy atom. The third kappa shape index (κ3) is 1.41. The Balaban J connectivity index is 2.90. The normalized spacial score (nSPS) is 10.2. The minimum absolute atomic E-state index is 0.0818. The molecule has 1 aromatic carbocycles. The second kappa shape index (κ2) is 3.50. The number of benzene rings is 1. The maximum atomic E-state index is 10.8. The van der Waals surface area contributed by atoms with Crippen LogP contribution in [-0.2, 0) is 0 Å². The van der Waals surface area contributed by atoms with Gasteiger partial charge in [0, 0.05) is 18.5 Å². The lowest BCUT2D eigenvalue weighted by molar-refractivity contribution is -0.421. The topological polar surface area (TPSA) is 112 Å². The molecule has 2 aromatic rings. The number of nitro benzene ring substituents is 2. The SMILES string of the molecule is O=[N+]([O-])c1ccc2nccnc2c1[N+](=O)[O-]. The molecule has 0 saturated heterocycles. The van der Waals surface area contributed by atoms with Crippen LogP contribution in [0.3, 0.4) is 0 Å². The molecule has 0 amide bonds. The summed E-state index contributed by atoms with van der Waals surface area (Å²) in [6.07, 6.45) is 2.61.